The fourth-order valence-corrected chi connectivity index (χ4v) is 3.72. The summed E-state index contributed by atoms with van der Waals surface area (Å²) in [6, 6.07) is 0.975. The number of hydrogen-bond acceptors (Lipinski definition) is 5. The molecule has 2 bridgehead atoms. The first-order valence-corrected chi connectivity index (χ1v) is 7.44. The minimum Gasteiger partial charge on any atom is -0.481 e. The standard InChI is InChI=1S/C14H21N3O3/c1-2-13-15-12(16-20-13)8-17-10-3-4-11(17)6-9(5-10)7-14(18)19/h9-11H,2-8H2,1H3,(H,18,19). The highest BCUT2D eigenvalue weighted by Crippen LogP contribution is 2.40. The molecule has 2 fully saturated rings. The number of rotatable bonds is 5. The number of carbonyl (C=O) groups is 1. The van der Waals surface area contributed by atoms with Crippen molar-refractivity contribution < 1.29 is 14.4 Å². The predicted molar refractivity (Wildman–Crippen MR) is 71.0 cm³/mol. The van der Waals surface area contributed by atoms with E-state index in [2.05, 4.69) is 15.0 Å². The Morgan fingerprint density at radius 3 is 2.65 bits per heavy atom. The van der Waals surface area contributed by atoms with Crippen LogP contribution in [-0.4, -0.2) is 38.2 Å². The number of aromatic nitrogens is 2. The second-order valence-corrected chi connectivity index (χ2v) is 5.95. The number of hydrogen-bond donors (Lipinski definition) is 1. The van der Waals surface area contributed by atoms with Crippen LogP contribution in [0.4, 0.5) is 0 Å². The summed E-state index contributed by atoms with van der Waals surface area (Å²) in [6.07, 6.45) is 5.38. The molecule has 0 amide bonds. The number of aryl methyl sites for hydroxylation is 1. The van der Waals surface area contributed by atoms with Crippen LogP contribution >= 0.6 is 0 Å². The highest BCUT2D eigenvalue weighted by Gasteiger charge is 2.41. The fraction of sp³-hybridized carbons (Fsp3) is 0.786. The van der Waals surface area contributed by atoms with Crippen molar-refractivity contribution in [2.24, 2.45) is 5.92 Å². The van der Waals surface area contributed by atoms with E-state index in [-0.39, 0.29) is 0 Å². The molecular formula is C14H21N3O3. The molecule has 2 atom stereocenters. The average Bonchev–Trinajstić information content (AvgIpc) is 2.93. The van der Waals surface area contributed by atoms with Crippen molar-refractivity contribution in [2.75, 3.05) is 0 Å². The first kappa shape index (κ1) is 13.5. The topological polar surface area (TPSA) is 79.5 Å². The van der Waals surface area contributed by atoms with Gasteiger partial charge in [-0.1, -0.05) is 12.1 Å². The van der Waals surface area contributed by atoms with Crippen molar-refractivity contribution in [3.05, 3.63) is 11.7 Å². The van der Waals surface area contributed by atoms with Gasteiger partial charge in [0.25, 0.3) is 0 Å². The zero-order valence-electron chi connectivity index (χ0n) is 11.8. The van der Waals surface area contributed by atoms with Crippen LogP contribution in [0.5, 0.6) is 0 Å². The number of fused-ring (bicyclic) bond motifs is 2. The van der Waals surface area contributed by atoms with Crippen molar-refractivity contribution in [1.82, 2.24) is 15.0 Å². The Balaban J connectivity index is 1.63. The number of carboxylic acid groups (broad SMARTS) is 1. The molecule has 0 aliphatic carbocycles. The summed E-state index contributed by atoms with van der Waals surface area (Å²) in [7, 11) is 0. The van der Waals surface area contributed by atoms with Crippen LogP contribution in [0.15, 0.2) is 4.52 Å². The molecule has 1 N–H and O–H groups in total. The number of piperidine rings is 1. The van der Waals surface area contributed by atoms with Crippen LogP contribution < -0.4 is 0 Å². The Kier molecular flexibility index (Phi) is 3.74. The van der Waals surface area contributed by atoms with Crippen LogP contribution in [0.1, 0.15) is 50.7 Å². The normalized spacial score (nSPS) is 29.8. The van der Waals surface area contributed by atoms with Crippen molar-refractivity contribution in [3.8, 4) is 0 Å². The Labute approximate surface area is 118 Å². The van der Waals surface area contributed by atoms with Crippen LogP contribution in [0.2, 0.25) is 0 Å². The largest absolute Gasteiger partial charge is 0.481 e. The summed E-state index contributed by atoms with van der Waals surface area (Å²) in [5.74, 6) is 1.11. The average molecular weight is 279 g/mol. The van der Waals surface area contributed by atoms with E-state index in [1.165, 1.54) is 12.8 Å². The van der Waals surface area contributed by atoms with Crippen LogP contribution in [-0.2, 0) is 17.8 Å². The summed E-state index contributed by atoms with van der Waals surface area (Å²) in [4.78, 5) is 17.7. The van der Waals surface area contributed by atoms with Crippen molar-refractivity contribution >= 4 is 5.97 Å². The van der Waals surface area contributed by atoms with E-state index in [4.69, 9.17) is 9.63 Å². The molecule has 0 spiro atoms. The van der Waals surface area contributed by atoms with Gasteiger partial charge in [-0.2, -0.15) is 4.98 Å². The summed E-state index contributed by atoms with van der Waals surface area (Å²) < 4.78 is 5.15. The van der Waals surface area contributed by atoms with Gasteiger partial charge in [0.1, 0.15) is 0 Å². The molecule has 110 valence electrons. The third-order valence-corrected chi connectivity index (χ3v) is 4.58. The minimum absolute atomic E-state index is 0.309. The zero-order chi connectivity index (χ0) is 14.1. The monoisotopic (exact) mass is 279 g/mol. The molecule has 2 unspecified atom stereocenters. The van der Waals surface area contributed by atoms with Gasteiger partial charge in [0.15, 0.2) is 5.82 Å². The molecule has 3 rings (SSSR count). The minimum atomic E-state index is -0.673. The van der Waals surface area contributed by atoms with Crippen molar-refractivity contribution in [1.29, 1.82) is 0 Å². The molecule has 20 heavy (non-hydrogen) atoms. The van der Waals surface area contributed by atoms with Gasteiger partial charge >= 0.3 is 5.97 Å². The van der Waals surface area contributed by atoms with E-state index < -0.39 is 5.97 Å². The lowest BCUT2D eigenvalue weighted by molar-refractivity contribution is -0.138. The van der Waals surface area contributed by atoms with Crippen LogP contribution in [0.3, 0.4) is 0 Å². The summed E-state index contributed by atoms with van der Waals surface area (Å²) >= 11 is 0. The Hall–Kier alpha value is -1.43. The molecule has 0 saturated carbocycles. The first-order valence-electron chi connectivity index (χ1n) is 7.44. The second-order valence-electron chi connectivity index (χ2n) is 5.95. The van der Waals surface area contributed by atoms with Gasteiger partial charge in [-0.05, 0) is 31.6 Å². The van der Waals surface area contributed by atoms with Gasteiger partial charge in [-0.3, -0.25) is 9.69 Å². The molecule has 3 heterocycles. The second kappa shape index (κ2) is 5.52. The number of nitrogens with zero attached hydrogens (tertiary/aromatic N) is 3. The molecule has 2 saturated heterocycles. The lowest BCUT2D eigenvalue weighted by Gasteiger charge is -2.37. The zero-order valence-corrected chi connectivity index (χ0v) is 11.8. The maximum Gasteiger partial charge on any atom is 0.303 e. The Morgan fingerprint density at radius 1 is 1.40 bits per heavy atom. The van der Waals surface area contributed by atoms with E-state index in [0.29, 0.717) is 30.3 Å². The molecule has 6 nitrogen and oxygen atoms in total. The van der Waals surface area contributed by atoms with E-state index in [9.17, 15) is 4.79 Å². The third-order valence-electron chi connectivity index (χ3n) is 4.58. The molecule has 6 heteroatoms. The molecule has 2 aliphatic rings. The molecule has 0 radical (unpaired) electrons. The highest BCUT2D eigenvalue weighted by atomic mass is 16.5. The van der Waals surface area contributed by atoms with Gasteiger partial charge in [0.2, 0.25) is 5.89 Å². The SMILES string of the molecule is CCc1nc(CN2C3CCC2CC(CC(=O)O)C3)no1. The lowest BCUT2D eigenvalue weighted by Crippen LogP contribution is -2.42. The van der Waals surface area contributed by atoms with Gasteiger partial charge < -0.3 is 9.63 Å². The van der Waals surface area contributed by atoms with E-state index in [1.54, 1.807) is 0 Å². The number of aliphatic carboxylic acids is 1. The quantitative estimate of drug-likeness (QED) is 0.886. The summed E-state index contributed by atoms with van der Waals surface area (Å²) in [6.45, 7) is 2.73. The molecule has 1 aromatic rings. The van der Waals surface area contributed by atoms with E-state index in [1.807, 2.05) is 6.92 Å². The van der Waals surface area contributed by atoms with Crippen LogP contribution in [0, 0.1) is 5.92 Å². The maximum atomic E-state index is 10.9. The van der Waals surface area contributed by atoms with Crippen molar-refractivity contribution in [3.63, 3.8) is 0 Å². The van der Waals surface area contributed by atoms with Gasteiger partial charge in [0, 0.05) is 24.9 Å². The van der Waals surface area contributed by atoms with Crippen LogP contribution in [0.25, 0.3) is 0 Å². The van der Waals surface area contributed by atoms with Gasteiger partial charge in [0.05, 0.1) is 6.54 Å². The third kappa shape index (κ3) is 2.70. The van der Waals surface area contributed by atoms with E-state index >= 15 is 0 Å². The molecule has 2 aliphatic heterocycles. The highest BCUT2D eigenvalue weighted by molar-refractivity contribution is 5.67. The van der Waals surface area contributed by atoms with Crippen molar-refractivity contribution in [2.45, 2.75) is 64.1 Å². The smallest absolute Gasteiger partial charge is 0.303 e. The summed E-state index contributed by atoms with van der Waals surface area (Å²) in [5.41, 5.74) is 0. The Bertz CT molecular complexity index is 474. The molecular weight excluding hydrogens is 258 g/mol. The van der Waals surface area contributed by atoms with Gasteiger partial charge in [-0.25, -0.2) is 0 Å². The molecule has 1 aromatic heterocycles. The molecule has 0 aromatic carbocycles. The van der Waals surface area contributed by atoms with E-state index in [0.717, 1.165) is 31.6 Å². The Morgan fingerprint density at radius 2 is 2.10 bits per heavy atom. The fourth-order valence-electron chi connectivity index (χ4n) is 3.72. The van der Waals surface area contributed by atoms with Gasteiger partial charge in [-0.15, -0.1) is 0 Å². The predicted octanol–water partition coefficient (Wildman–Crippen LogP) is 1.85. The number of carboxylic acids is 1. The maximum absolute atomic E-state index is 10.9. The summed E-state index contributed by atoms with van der Waals surface area (Å²) in [5, 5.41) is 13.0. The first-order chi connectivity index (χ1) is 9.65. The lowest BCUT2D eigenvalue weighted by atomic mass is 9.88.